The molecule has 16 heavy (non-hydrogen) atoms. The molecule has 1 aromatic carbocycles. The normalized spacial score (nSPS) is 14.8. The Bertz CT molecular complexity index is 411. The first-order valence-electron chi connectivity index (χ1n) is 5.09. The number of nitrogens with one attached hydrogen (secondary N) is 1. The number of amides is 1. The number of benzene rings is 1. The lowest BCUT2D eigenvalue weighted by atomic mass is 10.2. The van der Waals surface area contributed by atoms with Gasteiger partial charge in [0, 0.05) is 21.7 Å². The van der Waals surface area contributed by atoms with Crippen molar-refractivity contribution in [3.8, 4) is 0 Å². The Balaban J connectivity index is 2.31. The molecule has 2 rings (SSSR count). The van der Waals surface area contributed by atoms with Crippen molar-refractivity contribution >= 4 is 39.3 Å². The molecule has 1 aromatic rings. The van der Waals surface area contributed by atoms with Gasteiger partial charge in [0.25, 0.3) is 0 Å². The predicted octanol–water partition coefficient (Wildman–Crippen LogP) is 2.11. The molecule has 1 amide bonds. The van der Waals surface area contributed by atoms with E-state index in [2.05, 4.69) is 27.3 Å². The van der Waals surface area contributed by atoms with Crippen molar-refractivity contribution in [3.05, 3.63) is 22.7 Å². The Labute approximate surface area is 108 Å². The van der Waals surface area contributed by atoms with Gasteiger partial charge in [0.2, 0.25) is 5.91 Å². The lowest BCUT2D eigenvalue weighted by molar-refractivity contribution is -0.117. The molecular weight excluding hydrogens is 288 g/mol. The number of fused-ring (bicyclic) bond motifs is 1. The van der Waals surface area contributed by atoms with Gasteiger partial charge < -0.3 is 10.2 Å². The maximum atomic E-state index is 11.9. The first-order chi connectivity index (χ1) is 7.72. The molecular formula is C11H13BrN2OS. The Morgan fingerprint density at radius 3 is 3.19 bits per heavy atom. The summed E-state index contributed by atoms with van der Waals surface area (Å²) in [6, 6.07) is 6.08. The van der Waals surface area contributed by atoms with Gasteiger partial charge in [-0.15, -0.1) is 11.8 Å². The van der Waals surface area contributed by atoms with E-state index in [-0.39, 0.29) is 5.91 Å². The molecule has 1 N–H and O–H groups in total. The summed E-state index contributed by atoms with van der Waals surface area (Å²) in [6.07, 6.45) is 0. The first-order valence-corrected chi connectivity index (χ1v) is 6.87. The smallest absolute Gasteiger partial charge is 0.240 e. The van der Waals surface area contributed by atoms with E-state index in [0.29, 0.717) is 6.54 Å². The van der Waals surface area contributed by atoms with Crippen LogP contribution in [0.1, 0.15) is 0 Å². The Morgan fingerprint density at radius 1 is 1.62 bits per heavy atom. The van der Waals surface area contributed by atoms with Crippen LogP contribution < -0.4 is 10.2 Å². The number of hydrogen-bond acceptors (Lipinski definition) is 3. The van der Waals surface area contributed by atoms with Crippen molar-refractivity contribution in [2.45, 2.75) is 4.90 Å². The van der Waals surface area contributed by atoms with E-state index in [1.807, 2.05) is 17.0 Å². The second kappa shape index (κ2) is 5.21. The van der Waals surface area contributed by atoms with E-state index in [1.165, 1.54) is 4.90 Å². The number of halogens is 1. The van der Waals surface area contributed by atoms with Crippen LogP contribution in [0.15, 0.2) is 27.6 Å². The van der Waals surface area contributed by atoms with Crippen LogP contribution in [-0.4, -0.2) is 31.8 Å². The standard InChI is InChI=1S/C11H13BrN2OS/c1-13-7-11(15)14-4-5-16-10-3-2-8(12)6-9(10)14/h2-3,6,13H,4-5,7H2,1H3. The zero-order valence-electron chi connectivity index (χ0n) is 9.00. The second-order valence-corrected chi connectivity index (χ2v) is 5.59. The monoisotopic (exact) mass is 300 g/mol. The van der Waals surface area contributed by atoms with Gasteiger partial charge in [-0.3, -0.25) is 4.79 Å². The number of anilines is 1. The maximum Gasteiger partial charge on any atom is 0.240 e. The molecule has 1 heterocycles. The molecule has 0 atom stereocenters. The van der Waals surface area contributed by atoms with E-state index in [0.717, 1.165) is 22.5 Å². The lowest BCUT2D eigenvalue weighted by Gasteiger charge is -2.29. The van der Waals surface area contributed by atoms with Gasteiger partial charge in [-0.1, -0.05) is 15.9 Å². The molecule has 0 unspecified atom stereocenters. The largest absolute Gasteiger partial charge is 0.311 e. The van der Waals surface area contributed by atoms with E-state index in [9.17, 15) is 4.79 Å². The van der Waals surface area contributed by atoms with Gasteiger partial charge in [0.1, 0.15) is 0 Å². The number of carbonyl (C=O) groups excluding carboxylic acids is 1. The van der Waals surface area contributed by atoms with Gasteiger partial charge in [-0.2, -0.15) is 0 Å². The minimum atomic E-state index is 0.127. The van der Waals surface area contributed by atoms with Crippen molar-refractivity contribution in [2.75, 3.05) is 30.8 Å². The minimum Gasteiger partial charge on any atom is -0.311 e. The van der Waals surface area contributed by atoms with Crippen molar-refractivity contribution in [2.24, 2.45) is 0 Å². The number of rotatable bonds is 2. The number of thioether (sulfide) groups is 1. The maximum absolute atomic E-state index is 11.9. The topological polar surface area (TPSA) is 32.3 Å². The van der Waals surface area contributed by atoms with Crippen LogP contribution in [0.2, 0.25) is 0 Å². The molecule has 3 nitrogen and oxygen atoms in total. The minimum absolute atomic E-state index is 0.127. The van der Waals surface area contributed by atoms with Gasteiger partial charge in [0.15, 0.2) is 0 Å². The number of carbonyl (C=O) groups is 1. The van der Waals surface area contributed by atoms with Gasteiger partial charge in [0.05, 0.1) is 12.2 Å². The van der Waals surface area contributed by atoms with Crippen LogP contribution in [0.5, 0.6) is 0 Å². The van der Waals surface area contributed by atoms with Crippen LogP contribution in [0.3, 0.4) is 0 Å². The quantitative estimate of drug-likeness (QED) is 0.908. The highest BCUT2D eigenvalue weighted by atomic mass is 79.9. The molecule has 1 aliphatic rings. The zero-order chi connectivity index (χ0) is 11.5. The molecule has 5 heteroatoms. The second-order valence-electron chi connectivity index (χ2n) is 3.54. The van der Waals surface area contributed by atoms with Crippen LogP contribution in [-0.2, 0) is 4.79 Å². The fraction of sp³-hybridized carbons (Fsp3) is 0.364. The van der Waals surface area contributed by atoms with Crippen LogP contribution in [0.4, 0.5) is 5.69 Å². The summed E-state index contributed by atoms with van der Waals surface area (Å²) in [5.41, 5.74) is 1.02. The fourth-order valence-corrected chi connectivity index (χ4v) is 3.02. The molecule has 0 saturated carbocycles. The zero-order valence-corrected chi connectivity index (χ0v) is 11.4. The Kier molecular flexibility index (Phi) is 3.89. The number of hydrogen-bond donors (Lipinski definition) is 1. The number of nitrogens with zero attached hydrogens (tertiary/aromatic N) is 1. The molecule has 1 aliphatic heterocycles. The van der Waals surface area contributed by atoms with Crippen molar-refractivity contribution in [1.82, 2.24) is 5.32 Å². The van der Waals surface area contributed by atoms with E-state index in [4.69, 9.17) is 0 Å². The molecule has 0 aliphatic carbocycles. The van der Waals surface area contributed by atoms with Crippen LogP contribution in [0.25, 0.3) is 0 Å². The summed E-state index contributed by atoms with van der Waals surface area (Å²) in [6.45, 7) is 1.17. The SMILES string of the molecule is CNCC(=O)N1CCSc2ccc(Br)cc21. The molecule has 0 fully saturated rings. The summed E-state index contributed by atoms with van der Waals surface area (Å²) in [5.74, 6) is 1.09. The van der Waals surface area contributed by atoms with Crippen LogP contribution >= 0.6 is 27.7 Å². The summed E-state index contributed by atoms with van der Waals surface area (Å²) in [7, 11) is 1.79. The van der Waals surface area contributed by atoms with Crippen LogP contribution in [0, 0.1) is 0 Å². The highest BCUT2D eigenvalue weighted by molar-refractivity contribution is 9.10. The third-order valence-electron chi connectivity index (χ3n) is 2.41. The summed E-state index contributed by atoms with van der Waals surface area (Å²) in [5, 5.41) is 2.90. The average molecular weight is 301 g/mol. The molecule has 0 saturated heterocycles. The average Bonchev–Trinajstić information content (AvgIpc) is 2.28. The van der Waals surface area contributed by atoms with Crippen molar-refractivity contribution < 1.29 is 4.79 Å². The third kappa shape index (κ3) is 2.42. The predicted molar refractivity (Wildman–Crippen MR) is 71.1 cm³/mol. The highest BCUT2D eigenvalue weighted by Crippen LogP contribution is 2.36. The van der Waals surface area contributed by atoms with E-state index < -0.39 is 0 Å². The van der Waals surface area contributed by atoms with Crippen molar-refractivity contribution in [1.29, 1.82) is 0 Å². The van der Waals surface area contributed by atoms with Gasteiger partial charge >= 0.3 is 0 Å². The summed E-state index contributed by atoms with van der Waals surface area (Å²) < 4.78 is 1.01. The van der Waals surface area contributed by atoms with Gasteiger partial charge in [-0.25, -0.2) is 0 Å². The van der Waals surface area contributed by atoms with Gasteiger partial charge in [-0.05, 0) is 25.2 Å². The van der Waals surface area contributed by atoms with E-state index in [1.54, 1.807) is 18.8 Å². The molecule has 0 bridgehead atoms. The Hall–Kier alpha value is -0.520. The lowest BCUT2D eigenvalue weighted by Crippen LogP contribution is -2.40. The number of likely N-dealkylation sites (N-methyl/N-ethyl adjacent to an activating group) is 1. The van der Waals surface area contributed by atoms with Crippen molar-refractivity contribution in [3.63, 3.8) is 0 Å². The summed E-state index contributed by atoms with van der Waals surface area (Å²) >= 11 is 5.24. The highest BCUT2D eigenvalue weighted by Gasteiger charge is 2.22. The van der Waals surface area contributed by atoms with E-state index >= 15 is 0 Å². The fourth-order valence-electron chi connectivity index (χ4n) is 1.70. The molecule has 0 radical (unpaired) electrons. The molecule has 86 valence electrons. The Morgan fingerprint density at radius 2 is 2.44 bits per heavy atom. The summed E-state index contributed by atoms with van der Waals surface area (Å²) in [4.78, 5) is 14.9. The molecule has 0 spiro atoms. The third-order valence-corrected chi connectivity index (χ3v) is 3.95. The first kappa shape index (κ1) is 12.0. The molecule has 0 aromatic heterocycles.